The maximum absolute atomic E-state index is 12.2. The number of hydrazone groups is 1. The first-order chi connectivity index (χ1) is 14.6. The summed E-state index contributed by atoms with van der Waals surface area (Å²) in [4.78, 5) is 15.4. The van der Waals surface area contributed by atoms with Crippen LogP contribution in [0.1, 0.15) is 21.5 Å². The van der Waals surface area contributed by atoms with E-state index < -0.39 is 0 Å². The lowest BCUT2D eigenvalue weighted by atomic mass is 10.2. The Morgan fingerprint density at radius 2 is 1.87 bits per heavy atom. The molecule has 0 unspecified atom stereocenters. The zero-order chi connectivity index (χ0) is 20.9. The van der Waals surface area contributed by atoms with Crippen LogP contribution in [0, 0.1) is 0 Å². The average Bonchev–Trinajstić information content (AvgIpc) is 3.17. The van der Waals surface area contributed by atoms with Crippen LogP contribution in [0.15, 0.2) is 78.0 Å². The normalized spacial score (nSPS) is 11.1. The number of carbonyl (C=O) groups excluding carboxylic acids is 1. The van der Waals surface area contributed by atoms with Gasteiger partial charge in [-0.2, -0.15) is 5.10 Å². The van der Waals surface area contributed by atoms with Crippen molar-refractivity contribution in [3.63, 3.8) is 0 Å². The highest BCUT2D eigenvalue weighted by atomic mass is 35.5. The summed E-state index contributed by atoms with van der Waals surface area (Å²) in [7, 11) is 0. The van der Waals surface area contributed by atoms with Crippen LogP contribution in [-0.4, -0.2) is 17.1 Å². The molecule has 30 heavy (non-hydrogen) atoms. The van der Waals surface area contributed by atoms with Crippen LogP contribution in [0.5, 0.6) is 5.75 Å². The molecule has 2 N–H and O–H groups in total. The second-order valence-electron chi connectivity index (χ2n) is 6.55. The average molecular weight is 438 g/mol. The van der Waals surface area contributed by atoms with Gasteiger partial charge in [0.05, 0.1) is 16.3 Å². The maximum Gasteiger partial charge on any atom is 0.271 e. The number of aromatic amines is 1. The summed E-state index contributed by atoms with van der Waals surface area (Å²) < 4.78 is 5.89. The van der Waals surface area contributed by atoms with Crippen molar-refractivity contribution in [2.24, 2.45) is 5.10 Å². The van der Waals surface area contributed by atoms with Gasteiger partial charge in [0.1, 0.15) is 12.4 Å². The fraction of sp³-hybridized carbons (Fsp3) is 0.0435. The number of ether oxygens (including phenoxy) is 1. The minimum atomic E-state index is -0.378. The van der Waals surface area contributed by atoms with Crippen molar-refractivity contribution in [2.45, 2.75) is 6.61 Å². The molecule has 0 aliphatic rings. The number of carbonyl (C=O) groups is 1. The van der Waals surface area contributed by atoms with Crippen molar-refractivity contribution >= 4 is 46.2 Å². The summed E-state index contributed by atoms with van der Waals surface area (Å²) in [5.74, 6) is 0.372. The lowest BCUT2D eigenvalue weighted by Crippen LogP contribution is -2.17. The molecule has 0 fully saturated rings. The number of H-pyrrole nitrogens is 1. The predicted molar refractivity (Wildman–Crippen MR) is 121 cm³/mol. The van der Waals surface area contributed by atoms with Crippen LogP contribution in [-0.2, 0) is 6.61 Å². The van der Waals surface area contributed by atoms with Gasteiger partial charge >= 0.3 is 0 Å². The molecule has 5 nitrogen and oxygen atoms in total. The Hall–Kier alpha value is -3.28. The molecule has 0 atom stereocenters. The minimum Gasteiger partial charge on any atom is -0.489 e. The fourth-order valence-electron chi connectivity index (χ4n) is 2.92. The molecule has 0 saturated heterocycles. The molecule has 150 valence electrons. The van der Waals surface area contributed by atoms with Crippen molar-refractivity contribution in [1.29, 1.82) is 0 Å². The molecule has 0 aliphatic carbocycles. The lowest BCUT2D eigenvalue weighted by Gasteiger charge is -2.06. The number of rotatable bonds is 6. The van der Waals surface area contributed by atoms with Crippen LogP contribution in [0.2, 0.25) is 10.0 Å². The molecule has 7 heteroatoms. The van der Waals surface area contributed by atoms with Crippen molar-refractivity contribution in [1.82, 2.24) is 10.4 Å². The zero-order valence-electron chi connectivity index (χ0n) is 15.7. The van der Waals surface area contributed by atoms with Crippen LogP contribution >= 0.6 is 23.2 Å². The second kappa shape index (κ2) is 9.03. The molecule has 0 spiro atoms. The highest BCUT2D eigenvalue weighted by Crippen LogP contribution is 2.24. The van der Waals surface area contributed by atoms with Gasteiger partial charge in [0.15, 0.2) is 0 Å². The van der Waals surface area contributed by atoms with Gasteiger partial charge in [0.25, 0.3) is 5.91 Å². The van der Waals surface area contributed by atoms with E-state index >= 15 is 0 Å². The smallest absolute Gasteiger partial charge is 0.271 e. The summed E-state index contributed by atoms with van der Waals surface area (Å²) in [6.45, 7) is 0.486. The van der Waals surface area contributed by atoms with Crippen LogP contribution < -0.4 is 10.2 Å². The van der Waals surface area contributed by atoms with Crippen molar-refractivity contribution in [2.75, 3.05) is 0 Å². The summed E-state index contributed by atoms with van der Waals surface area (Å²) in [6.07, 6.45) is 3.40. The van der Waals surface area contributed by atoms with E-state index in [0.717, 1.165) is 27.8 Å². The molecule has 4 rings (SSSR count). The number of hydrogen-bond acceptors (Lipinski definition) is 3. The SMILES string of the molecule is O=C(N/N=C\c1c[nH]c2ccc(OCc3ccccc3)cc12)c1ccc(Cl)c(Cl)c1. The molecule has 1 amide bonds. The maximum atomic E-state index is 12.2. The number of benzene rings is 3. The Kier molecular flexibility index (Phi) is 6.02. The van der Waals surface area contributed by atoms with E-state index in [9.17, 15) is 4.79 Å². The van der Waals surface area contributed by atoms with Gasteiger partial charge < -0.3 is 9.72 Å². The molecular formula is C23H17Cl2N3O2. The van der Waals surface area contributed by atoms with Crippen LogP contribution in [0.4, 0.5) is 0 Å². The fourth-order valence-corrected chi connectivity index (χ4v) is 3.22. The third-order valence-electron chi connectivity index (χ3n) is 4.49. The highest BCUT2D eigenvalue weighted by molar-refractivity contribution is 6.42. The molecule has 4 aromatic rings. The largest absolute Gasteiger partial charge is 0.489 e. The van der Waals surface area contributed by atoms with E-state index in [2.05, 4.69) is 15.5 Å². The topological polar surface area (TPSA) is 66.5 Å². The van der Waals surface area contributed by atoms with Crippen molar-refractivity contribution < 1.29 is 9.53 Å². The Morgan fingerprint density at radius 3 is 2.67 bits per heavy atom. The second-order valence-corrected chi connectivity index (χ2v) is 7.37. The van der Waals surface area contributed by atoms with Crippen molar-refractivity contribution in [3.05, 3.63) is 99.7 Å². The first kappa shape index (κ1) is 20.0. The third kappa shape index (κ3) is 4.64. The van der Waals surface area contributed by atoms with Gasteiger partial charge in [-0.15, -0.1) is 0 Å². The van der Waals surface area contributed by atoms with Gasteiger partial charge in [-0.1, -0.05) is 53.5 Å². The molecule has 1 heterocycles. The molecule has 0 aliphatic heterocycles. The molecule has 1 aromatic heterocycles. The quantitative estimate of drug-likeness (QED) is 0.294. The zero-order valence-corrected chi connectivity index (χ0v) is 17.2. The minimum absolute atomic E-state index is 0.313. The number of amides is 1. The van der Waals surface area contributed by atoms with E-state index in [4.69, 9.17) is 27.9 Å². The molecule has 0 saturated carbocycles. The molecular weight excluding hydrogens is 421 g/mol. The number of aromatic nitrogens is 1. The van der Waals surface area contributed by atoms with Gasteiger partial charge in [0, 0.05) is 28.2 Å². The van der Waals surface area contributed by atoms with E-state index in [1.165, 1.54) is 6.07 Å². The van der Waals surface area contributed by atoms with Crippen LogP contribution in [0.25, 0.3) is 10.9 Å². The molecule has 3 aromatic carbocycles. The van der Waals surface area contributed by atoms with Gasteiger partial charge in [-0.25, -0.2) is 5.43 Å². The first-order valence-electron chi connectivity index (χ1n) is 9.16. The first-order valence-corrected chi connectivity index (χ1v) is 9.92. The number of halogens is 2. The number of fused-ring (bicyclic) bond motifs is 1. The monoisotopic (exact) mass is 437 g/mol. The Labute approximate surface area is 183 Å². The number of nitrogens with one attached hydrogen (secondary N) is 2. The highest BCUT2D eigenvalue weighted by Gasteiger charge is 2.08. The number of nitrogens with zero attached hydrogens (tertiary/aromatic N) is 1. The van der Waals surface area contributed by atoms with Crippen molar-refractivity contribution in [3.8, 4) is 5.75 Å². The Bertz CT molecular complexity index is 1220. The van der Waals surface area contributed by atoms with Gasteiger partial charge in [0.2, 0.25) is 0 Å². The third-order valence-corrected chi connectivity index (χ3v) is 5.22. The Morgan fingerprint density at radius 1 is 1.03 bits per heavy atom. The molecule has 0 radical (unpaired) electrons. The Balaban J connectivity index is 1.45. The van der Waals surface area contributed by atoms with E-state index in [-0.39, 0.29) is 5.91 Å². The van der Waals surface area contributed by atoms with Gasteiger partial charge in [-0.05, 0) is 42.0 Å². The summed E-state index contributed by atoms with van der Waals surface area (Å²) in [6, 6.07) is 20.4. The predicted octanol–water partition coefficient (Wildman–Crippen LogP) is 5.82. The lowest BCUT2D eigenvalue weighted by molar-refractivity contribution is 0.0955. The standard InChI is InChI=1S/C23H17Cl2N3O2/c24-20-8-6-16(10-21(20)25)23(29)28-27-13-17-12-26-22-9-7-18(11-19(17)22)30-14-15-4-2-1-3-5-15/h1-13,26H,14H2,(H,28,29)/b27-13-. The summed E-state index contributed by atoms with van der Waals surface area (Å²) >= 11 is 11.8. The van der Waals surface area contributed by atoms with Crippen LogP contribution in [0.3, 0.4) is 0 Å². The number of hydrogen-bond donors (Lipinski definition) is 2. The van der Waals surface area contributed by atoms with Gasteiger partial charge in [-0.3, -0.25) is 4.79 Å². The van der Waals surface area contributed by atoms with E-state index in [0.29, 0.717) is 22.2 Å². The summed E-state index contributed by atoms with van der Waals surface area (Å²) in [5, 5.41) is 5.69. The van der Waals surface area contributed by atoms with E-state index in [1.807, 2.05) is 54.7 Å². The summed E-state index contributed by atoms with van der Waals surface area (Å²) in [5.41, 5.74) is 5.73. The molecule has 0 bridgehead atoms. The van der Waals surface area contributed by atoms with E-state index in [1.54, 1.807) is 18.3 Å².